The lowest BCUT2D eigenvalue weighted by Crippen LogP contribution is -2.55. The third-order valence-electron chi connectivity index (χ3n) is 4.17. The van der Waals surface area contributed by atoms with Crippen LogP contribution in [0.3, 0.4) is 0 Å². The summed E-state index contributed by atoms with van der Waals surface area (Å²) in [6, 6.07) is 0.684. The highest BCUT2D eigenvalue weighted by molar-refractivity contribution is 5.71. The summed E-state index contributed by atoms with van der Waals surface area (Å²) in [6.07, 6.45) is 6.56. The number of carbonyl (C=O) groups is 1. The lowest BCUT2D eigenvalue weighted by Gasteiger charge is -2.45. The van der Waals surface area contributed by atoms with Gasteiger partial charge in [0.2, 0.25) is 0 Å². The Morgan fingerprint density at radius 3 is 2.33 bits per heavy atom. The molecule has 2 fully saturated rings. The number of nitrogens with zero attached hydrogens (tertiary/aromatic N) is 1. The summed E-state index contributed by atoms with van der Waals surface area (Å²) in [6.45, 7) is 3.85. The smallest absolute Gasteiger partial charge is 0.309 e. The van der Waals surface area contributed by atoms with Crippen molar-refractivity contribution in [3.63, 3.8) is 0 Å². The van der Waals surface area contributed by atoms with E-state index in [1.165, 1.54) is 32.1 Å². The molecule has 1 aliphatic carbocycles. The van der Waals surface area contributed by atoms with Gasteiger partial charge in [-0.05, 0) is 31.6 Å². The van der Waals surface area contributed by atoms with Gasteiger partial charge in [0.1, 0.15) is 0 Å². The molecule has 0 radical (unpaired) electrons. The molecule has 1 saturated carbocycles. The highest BCUT2D eigenvalue weighted by atomic mass is 16.4. The van der Waals surface area contributed by atoms with E-state index >= 15 is 0 Å². The van der Waals surface area contributed by atoms with Crippen LogP contribution >= 0.6 is 0 Å². The van der Waals surface area contributed by atoms with E-state index < -0.39 is 5.97 Å². The zero-order valence-electron chi connectivity index (χ0n) is 9.48. The topological polar surface area (TPSA) is 40.5 Å². The predicted octanol–water partition coefficient (Wildman–Crippen LogP) is 1.97. The summed E-state index contributed by atoms with van der Waals surface area (Å²) in [5.74, 6) is 0.222. The second-order valence-electron chi connectivity index (χ2n) is 5.07. The van der Waals surface area contributed by atoms with Crippen LogP contribution in [0.25, 0.3) is 0 Å². The maximum Gasteiger partial charge on any atom is 0.309 e. The van der Waals surface area contributed by atoms with Gasteiger partial charge < -0.3 is 5.11 Å². The number of rotatable bonds is 3. The van der Waals surface area contributed by atoms with E-state index in [0.717, 1.165) is 19.0 Å². The zero-order chi connectivity index (χ0) is 10.8. The average Bonchev–Trinajstić information content (AvgIpc) is 2.16. The Balaban J connectivity index is 1.72. The van der Waals surface area contributed by atoms with Crippen LogP contribution in [0.15, 0.2) is 0 Å². The first-order chi connectivity index (χ1) is 7.20. The lowest BCUT2D eigenvalue weighted by atomic mass is 9.82. The molecule has 3 nitrogen and oxygen atoms in total. The summed E-state index contributed by atoms with van der Waals surface area (Å²) in [4.78, 5) is 13.0. The van der Waals surface area contributed by atoms with Gasteiger partial charge in [0.25, 0.3) is 0 Å². The average molecular weight is 211 g/mol. The number of likely N-dealkylation sites (tertiary alicyclic amines) is 1. The molecule has 0 atom stereocenters. The molecule has 2 aliphatic rings. The molecule has 1 saturated heterocycles. The molecule has 0 aromatic heterocycles. The largest absolute Gasteiger partial charge is 0.481 e. The van der Waals surface area contributed by atoms with Crippen molar-refractivity contribution < 1.29 is 9.90 Å². The van der Waals surface area contributed by atoms with Gasteiger partial charge in [-0.15, -0.1) is 0 Å². The van der Waals surface area contributed by atoms with E-state index in [0.29, 0.717) is 6.04 Å². The van der Waals surface area contributed by atoms with Gasteiger partial charge in [0.05, 0.1) is 5.92 Å². The fourth-order valence-corrected chi connectivity index (χ4v) is 2.89. The maximum absolute atomic E-state index is 10.7. The van der Waals surface area contributed by atoms with Crippen LogP contribution in [0.2, 0.25) is 0 Å². The highest BCUT2D eigenvalue weighted by Crippen LogP contribution is 2.32. The number of hydrogen-bond acceptors (Lipinski definition) is 2. The molecule has 1 N–H and O–H groups in total. The van der Waals surface area contributed by atoms with Gasteiger partial charge in [-0.1, -0.05) is 13.3 Å². The van der Waals surface area contributed by atoms with E-state index in [-0.39, 0.29) is 5.92 Å². The van der Waals surface area contributed by atoms with Gasteiger partial charge in [0.15, 0.2) is 0 Å². The van der Waals surface area contributed by atoms with Crippen molar-refractivity contribution in [2.24, 2.45) is 11.8 Å². The molecule has 1 heterocycles. The Kier molecular flexibility index (Phi) is 3.29. The molecule has 0 spiro atoms. The van der Waals surface area contributed by atoms with E-state index in [4.69, 9.17) is 5.11 Å². The fourth-order valence-electron chi connectivity index (χ4n) is 2.89. The summed E-state index contributed by atoms with van der Waals surface area (Å²) >= 11 is 0. The monoisotopic (exact) mass is 211 g/mol. The van der Waals surface area contributed by atoms with Gasteiger partial charge >= 0.3 is 5.97 Å². The lowest BCUT2D eigenvalue weighted by molar-refractivity contribution is -0.149. The molecule has 2 rings (SSSR count). The first-order valence-corrected chi connectivity index (χ1v) is 6.17. The van der Waals surface area contributed by atoms with E-state index in [1.807, 2.05) is 0 Å². The minimum atomic E-state index is -0.617. The third kappa shape index (κ3) is 2.33. The normalized spacial score (nSPS) is 33.7. The van der Waals surface area contributed by atoms with Crippen molar-refractivity contribution in [1.29, 1.82) is 0 Å². The van der Waals surface area contributed by atoms with Crippen molar-refractivity contribution in [2.45, 2.75) is 45.1 Å². The summed E-state index contributed by atoms with van der Waals surface area (Å²) in [7, 11) is 0. The van der Waals surface area contributed by atoms with Gasteiger partial charge in [-0.3, -0.25) is 9.69 Å². The van der Waals surface area contributed by atoms with Gasteiger partial charge in [-0.2, -0.15) is 0 Å². The first-order valence-electron chi connectivity index (χ1n) is 6.17. The second kappa shape index (κ2) is 4.52. The standard InChI is InChI=1S/C12H21NO2/c1-2-9-3-5-11(6-4-9)13-7-10(8-13)12(14)15/h9-11H,2-8H2,1H3,(H,14,15). The maximum atomic E-state index is 10.7. The highest BCUT2D eigenvalue weighted by Gasteiger charge is 2.37. The fraction of sp³-hybridized carbons (Fsp3) is 0.917. The molecule has 15 heavy (non-hydrogen) atoms. The minimum absolute atomic E-state index is 0.0890. The predicted molar refractivity (Wildman–Crippen MR) is 58.7 cm³/mol. The number of carboxylic acids is 1. The van der Waals surface area contributed by atoms with Crippen molar-refractivity contribution in [2.75, 3.05) is 13.1 Å². The van der Waals surface area contributed by atoms with Crippen molar-refractivity contribution in [3.8, 4) is 0 Å². The summed E-state index contributed by atoms with van der Waals surface area (Å²) in [5.41, 5.74) is 0. The summed E-state index contributed by atoms with van der Waals surface area (Å²) in [5, 5.41) is 8.80. The van der Waals surface area contributed by atoms with Crippen LogP contribution in [0, 0.1) is 11.8 Å². The zero-order valence-corrected chi connectivity index (χ0v) is 9.48. The van der Waals surface area contributed by atoms with Crippen molar-refractivity contribution >= 4 is 5.97 Å². The second-order valence-corrected chi connectivity index (χ2v) is 5.07. The van der Waals surface area contributed by atoms with E-state index in [2.05, 4.69) is 11.8 Å². The number of hydrogen-bond donors (Lipinski definition) is 1. The van der Waals surface area contributed by atoms with Crippen LogP contribution < -0.4 is 0 Å². The SMILES string of the molecule is CCC1CCC(N2CC(C(=O)O)C2)CC1. The molecule has 0 amide bonds. The Labute approximate surface area is 91.5 Å². The van der Waals surface area contributed by atoms with Crippen molar-refractivity contribution in [3.05, 3.63) is 0 Å². The van der Waals surface area contributed by atoms with E-state index in [9.17, 15) is 4.79 Å². The van der Waals surface area contributed by atoms with Crippen LogP contribution in [0.4, 0.5) is 0 Å². The Bertz CT molecular complexity index is 228. The Hall–Kier alpha value is -0.570. The Morgan fingerprint density at radius 1 is 1.27 bits per heavy atom. The first kappa shape index (κ1) is 10.9. The molecule has 86 valence electrons. The molecule has 0 aromatic rings. The Morgan fingerprint density at radius 2 is 1.87 bits per heavy atom. The van der Waals surface area contributed by atoms with Crippen LogP contribution in [0.5, 0.6) is 0 Å². The molecule has 1 aliphatic heterocycles. The van der Waals surface area contributed by atoms with Crippen molar-refractivity contribution in [1.82, 2.24) is 4.90 Å². The quantitative estimate of drug-likeness (QED) is 0.776. The number of carboxylic acid groups (broad SMARTS) is 1. The molecule has 0 aromatic carbocycles. The third-order valence-corrected chi connectivity index (χ3v) is 4.17. The minimum Gasteiger partial charge on any atom is -0.481 e. The van der Waals surface area contributed by atoms with Crippen LogP contribution in [0.1, 0.15) is 39.0 Å². The number of aliphatic carboxylic acids is 1. The van der Waals surface area contributed by atoms with Crippen LogP contribution in [-0.2, 0) is 4.79 Å². The van der Waals surface area contributed by atoms with Crippen LogP contribution in [-0.4, -0.2) is 35.1 Å². The van der Waals surface area contributed by atoms with Gasteiger partial charge in [-0.25, -0.2) is 0 Å². The summed E-state index contributed by atoms with van der Waals surface area (Å²) < 4.78 is 0. The molecular formula is C12H21NO2. The molecule has 0 bridgehead atoms. The van der Waals surface area contributed by atoms with Gasteiger partial charge in [0, 0.05) is 19.1 Å². The van der Waals surface area contributed by atoms with E-state index in [1.54, 1.807) is 0 Å². The molecule has 3 heteroatoms. The molecular weight excluding hydrogens is 190 g/mol. The molecule has 0 unspecified atom stereocenters.